The number of carbonyl (C=O) groups is 2. The molecule has 2 aliphatic rings. The molecule has 212 valence electrons. The van der Waals surface area contributed by atoms with Gasteiger partial charge in [-0.2, -0.15) is 32.0 Å². The van der Waals surface area contributed by atoms with Crippen LogP contribution in [0.2, 0.25) is 0 Å². The van der Waals surface area contributed by atoms with Crippen molar-refractivity contribution in [3.63, 3.8) is 0 Å². The van der Waals surface area contributed by atoms with Gasteiger partial charge in [-0.25, -0.2) is 0 Å². The molecule has 0 bridgehead atoms. The molecule has 0 radical (unpaired) electrons. The maximum Gasteiger partial charge on any atom is 0.294 e. The Morgan fingerprint density at radius 2 is 1.20 bits per heavy atom. The lowest BCUT2D eigenvalue weighted by atomic mass is 10.1. The number of amidine groups is 2. The highest BCUT2D eigenvalue weighted by molar-refractivity contribution is 7.86. The lowest BCUT2D eigenvalue weighted by Crippen LogP contribution is -2.28. The molecule has 4 rings (SSSR count). The molecule has 0 aromatic heterocycles. The van der Waals surface area contributed by atoms with E-state index in [1.165, 1.54) is 36.4 Å². The molecule has 2 heterocycles. The Morgan fingerprint density at radius 1 is 0.707 bits per heavy atom. The zero-order valence-electron chi connectivity index (χ0n) is 20.8. The number of hydrogen-bond donors (Lipinski definition) is 4. The Kier molecular flexibility index (Phi) is 8.02. The number of nitrogens with two attached hydrogens (primary N) is 2. The first-order chi connectivity index (χ1) is 19.3. The summed E-state index contributed by atoms with van der Waals surface area (Å²) in [4.78, 5) is 24.8. The summed E-state index contributed by atoms with van der Waals surface area (Å²) in [6, 6.07) is 9.76. The molecule has 41 heavy (non-hydrogen) atoms. The van der Waals surface area contributed by atoms with Crippen molar-refractivity contribution in [2.75, 3.05) is 10.0 Å². The van der Waals surface area contributed by atoms with Gasteiger partial charge in [-0.15, -0.1) is 5.10 Å². The van der Waals surface area contributed by atoms with E-state index in [2.05, 4.69) is 10.2 Å². The zero-order chi connectivity index (χ0) is 29.9. The monoisotopic (exact) mass is 598 g/mol. The second kappa shape index (κ2) is 11.3. The summed E-state index contributed by atoms with van der Waals surface area (Å²) >= 11 is 0. The number of rotatable bonds is 8. The van der Waals surface area contributed by atoms with E-state index in [4.69, 9.17) is 20.6 Å². The van der Waals surface area contributed by atoms with Crippen molar-refractivity contribution in [1.82, 2.24) is 0 Å². The van der Waals surface area contributed by atoms with Crippen molar-refractivity contribution in [1.29, 1.82) is 0 Å². The average Bonchev–Trinajstić information content (AvgIpc) is 3.36. The van der Waals surface area contributed by atoms with Crippen LogP contribution in [0.5, 0.6) is 0 Å². The first-order valence-corrected chi connectivity index (χ1v) is 14.4. The molecule has 14 nitrogen and oxygen atoms in total. The Balaban J connectivity index is 1.35. The number of benzene rings is 2. The highest BCUT2D eigenvalue weighted by Gasteiger charge is 2.33. The van der Waals surface area contributed by atoms with Gasteiger partial charge in [0.25, 0.3) is 32.1 Å². The van der Waals surface area contributed by atoms with Gasteiger partial charge in [-0.1, -0.05) is 36.5 Å². The van der Waals surface area contributed by atoms with Crippen LogP contribution in [0.1, 0.15) is 0 Å². The zero-order valence-corrected chi connectivity index (χ0v) is 22.5. The fourth-order valence-corrected chi connectivity index (χ4v) is 4.61. The third kappa shape index (κ3) is 6.47. The molecule has 2 amide bonds. The molecule has 0 saturated carbocycles. The van der Waals surface area contributed by atoms with Crippen molar-refractivity contribution < 1.29 is 35.5 Å². The van der Waals surface area contributed by atoms with Crippen molar-refractivity contribution in [3.05, 3.63) is 96.6 Å². The molecule has 2 aromatic carbocycles. The third-order valence-corrected chi connectivity index (χ3v) is 7.42. The Bertz CT molecular complexity index is 1790. The van der Waals surface area contributed by atoms with Gasteiger partial charge in [0.1, 0.15) is 11.8 Å². The van der Waals surface area contributed by atoms with Crippen LogP contribution < -0.4 is 21.5 Å². The van der Waals surface area contributed by atoms with Gasteiger partial charge in [0.2, 0.25) is 0 Å². The van der Waals surface area contributed by atoms with Crippen LogP contribution in [0.25, 0.3) is 0 Å². The molecule has 1 unspecified atom stereocenters. The molecule has 0 fully saturated rings. The normalized spacial score (nSPS) is 19.4. The summed E-state index contributed by atoms with van der Waals surface area (Å²) in [5.41, 5.74) is 12.4. The van der Waals surface area contributed by atoms with E-state index < -0.39 is 38.0 Å². The second-order valence-electron chi connectivity index (χ2n) is 8.43. The molecular weight excluding hydrogens is 576 g/mol. The smallest absolute Gasteiger partial charge is 0.294 e. The van der Waals surface area contributed by atoms with E-state index in [1.54, 1.807) is 30.4 Å². The molecule has 0 saturated heterocycles. The molecule has 0 aliphatic carbocycles. The molecule has 1 atom stereocenters. The largest absolute Gasteiger partial charge is 0.385 e. The van der Waals surface area contributed by atoms with Gasteiger partial charge in [-0.05, 0) is 54.6 Å². The van der Waals surface area contributed by atoms with E-state index >= 15 is 0 Å². The molecular formula is C25H22N6O8S2. The number of carbonyl (C=O) groups excluding carboxylic acids is 2. The second-order valence-corrected chi connectivity index (χ2v) is 11.3. The van der Waals surface area contributed by atoms with Crippen molar-refractivity contribution >= 4 is 55.1 Å². The quantitative estimate of drug-likeness (QED) is 0.194. The highest BCUT2D eigenvalue weighted by atomic mass is 32.2. The van der Waals surface area contributed by atoms with Gasteiger partial charge in [0.05, 0.1) is 26.7 Å². The van der Waals surface area contributed by atoms with Gasteiger partial charge >= 0.3 is 0 Å². The van der Waals surface area contributed by atoms with E-state index in [0.29, 0.717) is 0 Å². The van der Waals surface area contributed by atoms with Crippen LogP contribution in [-0.2, 0) is 29.8 Å². The van der Waals surface area contributed by atoms with E-state index in [-0.39, 0.29) is 38.4 Å². The van der Waals surface area contributed by atoms with E-state index in [0.717, 1.165) is 34.3 Å². The van der Waals surface area contributed by atoms with Crippen molar-refractivity contribution in [2.45, 2.75) is 9.79 Å². The SMILES string of the molecule is NC1=NN(c2ccc(S(=O)(=O)O)cc2)C(=O)\C1=C/C=C/C=C/C=C/C1C(=O)N(c2ccc(S(=O)(=O)O)cc2)N=C1N. The van der Waals surface area contributed by atoms with Gasteiger partial charge in [0, 0.05) is 0 Å². The number of nitrogens with zero attached hydrogens (tertiary/aromatic N) is 4. The third-order valence-electron chi connectivity index (χ3n) is 5.68. The number of allylic oxidation sites excluding steroid dienone is 6. The van der Waals surface area contributed by atoms with Crippen molar-refractivity contribution in [3.8, 4) is 0 Å². The summed E-state index contributed by atoms with van der Waals surface area (Å²) < 4.78 is 63.0. The summed E-state index contributed by atoms with van der Waals surface area (Å²) in [5, 5.41) is 10.0. The molecule has 6 N–H and O–H groups in total. The number of anilines is 2. The summed E-state index contributed by atoms with van der Waals surface area (Å²) in [6.45, 7) is 0. The van der Waals surface area contributed by atoms with Crippen LogP contribution in [-0.4, -0.2) is 49.4 Å². The minimum Gasteiger partial charge on any atom is -0.385 e. The van der Waals surface area contributed by atoms with Gasteiger partial charge < -0.3 is 11.5 Å². The highest BCUT2D eigenvalue weighted by Crippen LogP contribution is 2.26. The summed E-state index contributed by atoms with van der Waals surface area (Å²) in [7, 11) is -8.76. The maximum atomic E-state index is 12.7. The average molecular weight is 599 g/mol. The van der Waals surface area contributed by atoms with Crippen LogP contribution in [0.4, 0.5) is 11.4 Å². The van der Waals surface area contributed by atoms with E-state index in [1.807, 2.05) is 0 Å². The molecule has 0 spiro atoms. The minimum absolute atomic E-state index is 0.0328. The van der Waals surface area contributed by atoms with Crippen LogP contribution >= 0.6 is 0 Å². The fourth-order valence-electron chi connectivity index (χ4n) is 3.65. The van der Waals surface area contributed by atoms with Gasteiger partial charge in [0.15, 0.2) is 5.84 Å². The standard InChI is InChI=1S/C25H22N6O8S2/c26-22-20(24(32)30(28-22)16-8-12-18(13-9-16)40(34,35)36)6-4-2-1-3-5-7-21-23(27)29-31(25(21)33)17-10-14-19(15-11-17)41(37,38)39/h1-15,20H,(H2,26,28)(H2,27,29)(H,34,35,36)(H,37,38,39)/b2-1+,5-3+,6-4+,21-7-. The molecule has 2 aromatic rings. The van der Waals surface area contributed by atoms with E-state index in [9.17, 15) is 26.4 Å². The molecule has 16 heteroatoms. The number of amides is 2. The summed E-state index contributed by atoms with van der Waals surface area (Å²) in [6.07, 6.45) is 10.9. The lowest BCUT2D eigenvalue weighted by molar-refractivity contribution is -0.118. The minimum atomic E-state index is -4.38. The lowest BCUT2D eigenvalue weighted by Gasteiger charge is -2.12. The van der Waals surface area contributed by atoms with Crippen molar-refractivity contribution in [2.24, 2.45) is 27.6 Å². The first-order valence-electron chi connectivity index (χ1n) is 11.5. The van der Waals surface area contributed by atoms with Crippen LogP contribution in [0.3, 0.4) is 0 Å². The fraction of sp³-hybridized carbons (Fsp3) is 0.0400. The number of hydrogen-bond acceptors (Lipinski definition) is 10. The summed E-state index contributed by atoms with van der Waals surface area (Å²) in [5.74, 6) is -1.86. The van der Waals surface area contributed by atoms with Crippen LogP contribution in [0, 0.1) is 5.92 Å². The Morgan fingerprint density at radius 3 is 1.73 bits per heavy atom. The topological polar surface area (TPSA) is 226 Å². The molecule has 2 aliphatic heterocycles. The predicted octanol–water partition coefficient (Wildman–Crippen LogP) is 1.33. The van der Waals surface area contributed by atoms with Gasteiger partial charge in [-0.3, -0.25) is 18.7 Å². The maximum absolute atomic E-state index is 12.7. The van der Waals surface area contributed by atoms with Crippen LogP contribution in [0.15, 0.2) is 117 Å². The number of hydrazone groups is 2. The Hall–Kier alpha value is -4.90. The Labute approximate surface area is 234 Å². The first kappa shape index (κ1) is 29.1. The predicted molar refractivity (Wildman–Crippen MR) is 150 cm³/mol.